The molecule has 0 saturated heterocycles. The van der Waals surface area contributed by atoms with E-state index in [4.69, 9.17) is 9.47 Å². The van der Waals surface area contributed by atoms with E-state index in [1.807, 2.05) is 6.92 Å². The Morgan fingerprint density at radius 1 is 1.18 bits per heavy atom. The number of hydrogen-bond donors (Lipinski definition) is 1. The molecule has 3 aliphatic rings. The Labute approximate surface area is 166 Å². The Hall–Kier alpha value is -1.69. The van der Waals surface area contributed by atoms with Gasteiger partial charge in [0.1, 0.15) is 5.78 Å². The molecule has 0 unspecified atom stereocenters. The molecule has 3 saturated carbocycles. The summed E-state index contributed by atoms with van der Waals surface area (Å²) in [6.07, 6.45) is 3.83. The van der Waals surface area contributed by atoms with Crippen molar-refractivity contribution in [3.05, 3.63) is 11.6 Å². The maximum absolute atomic E-state index is 13.3. The standard InChI is InChI=1S/C22H32O6/c1-12-13(10-18(25)27-4)6-7-14-19(12)15(23)11-16-21(14,2)9-8-17(24)22(16,3)20(26)28-5/h10,12,14,16-17,19,24H,6-9,11H2,1-5H3/b13-10-/t12-,14-,16-,17+,19-,21+,22+/m1/s1. The Morgan fingerprint density at radius 3 is 2.46 bits per heavy atom. The summed E-state index contributed by atoms with van der Waals surface area (Å²) in [7, 11) is 2.69. The van der Waals surface area contributed by atoms with E-state index in [-0.39, 0.29) is 47.3 Å². The number of carbonyl (C=O) groups is 3. The highest BCUT2D eigenvalue weighted by molar-refractivity contribution is 5.87. The summed E-state index contributed by atoms with van der Waals surface area (Å²) in [5.41, 5.74) is -0.338. The summed E-state index contributed by atoms with van der Waals surface area (Å²) in [5.74, 6) is -1.01. The predicted molar refractivity (Wildman–Crippen MR) is 102 cm³/mol. The van der Waals surface area contributed by atoms with E-state index in [1.165, 1.54) is 20.3 Å². The van der Waals surface area contributed by atoms with Crippen molar-refractivity contribution < 1.29 is 29.0 Å². The van der Waals surface area contributed by atoms with E-state index in [1.54, 1.807) is 6.92 Å². The lowest BCUT2D eigenvalue weighted by atomic mass is 9.42. The first kappa shape index (κ1) is 21.0. The smallest absolute Gasteiger partial charge is 0.330 e. The Morgan fingerprint density at radius 2 is 1.86 bits per heavy atom. The predicted octanol–water partition coefficient (Wildman–Crippen LogP) is 2.68. The van der Waals surface area contributed by atoms with Crippen LogP contribution in [0.3, 0.4) is 0 Å². The molecule has 3 rings (SSSR count). The molecule has 0 heterocycles. The average molecular weight is 392 g/mol. The molecule has 0 spiro atoms. The maximum Gasteiger partial charge on any atom is 0.330 e. The molecule has 7 atom stereocenters. The van der Waals surface area contributed by atoms with Crippen molar-refractivity contribution in [3.63, 3.8) is 0 Å². The molecule has 28 heavy (non-hydrogen) atoms. The van der Waals surface area contributed by atoms with Crippen LogP contribution in [0, 0.1) is 34.5 Å². The van der Waals surface area contributed by atoms with Crippen LogP contribution in [0.25, 0.3) is 0 Å². The van der Waals surface area contributed by atoms with Crippen LogP contribution in [0.4, 0.5) is 0 Å². The number of carbonyl (C=O) groups excluding carboxylic acids is 3. The molecule has 0 aromatic heterocycles. The zero-order valence-corrected chi connectivity index (χ0v) is 17.5. The number of ketones is 1. The molecule has 0 amide bonds. The van der Waals surface area contributed by atoms with E-state index in [9.17, 15) is 19.5 Å². The molecule has 3 aliphatic carbocycles. The summed E-state index contributed by atoms with van der Waals surface area (Å²) < 4.78 is 9.82. The first-order valence-corrected chi connectivity index (χ1v) is 10.2. The van der Waals surface area contributed by atoms with Gasteiger partial charge >= 0.3 is 11.9 Å². The number of esters is 2. The van der Waals surface area contributed by atoms with Crippen molar-refractivity contribution in [1.29, 1.82) is 0 Å². The monoisotopic (exact) mass is 392 g/mol. The van der Waals surface area contributed by atoms with Crippen molar-refractivity contribution in [1.82, 2.24) is 0 Å². The second-order valence-electron chi connectivity index (χ2n) is 9.26. The van der Waals surface area contributed by atoms with Gasteiger partial charge in [0, 0.05) is 18.4 Å². The molecule has 3 fully saturated rings. The van der Waals surface area contributed by atoms with Crippen molar-refractivity contribution >= 4 is 17.7 Å². The lowest BCUT2D eigenvalue weighted by Crippen LogP contribution is -2.63. The van der Waals surface area contributed by atoms with Gasteiger partial charge in [-0.15, -0.1) is 0 Å². The van der Waals surface area contributed by atoms with Crippen LogP contribution in [0.15, 0.2) is 11.6 Å². The van der Waals surface area contributed by atoms with Gasteiger partial charge < -0.3 is 14.6 Å². The summed E-state index contributed by atoms with van der Waals surface area (Å²) in [6.45, 7) is 5.95. The zero-order chi connectivity index (χ0) is 20.9. The van der Waals surface area contributed by atoms with Gasteiger partial charge in [-0.3, -0.25) is 9.59 Å². The van der Waals surface area contributed by atoms with Crippen molar-refractivity contribution in [2.24, 2.45) is 34.5 Å². The Balaban J connectivity index is 1.99. The van der Waals surface area contributed by atoms with Crippen LogP contribution in [0.2, 0.25) is 0 Å². The molecule has 0 bridgehead atoms. The van der Waals surface area contributed by atoms with Gasteiger partial charge in [0.25, 0.3) is 0 Å². The van der Waals surface area contributed by atoms with Crippen molar-refractivity contribution in [2.75, 3.05) is 14.2 Å². The molecular weight excluding hydrogens is 360 g/mol. The number of Topliss-reactive ketones (excluding diaryl/α,β-unsaturated/α-hetero) is 1. The number of hydrogen-bond acceptors (Lipinski definition) is 6. The summed E-state index contributed by atoms with van der Waals surface area (Å²) in [4.78, 5) is 37.7. The highest BCUT2D eigenvalue weighted by Crippen LogP contribution is 2.64. The second-order valence-corrected chi connectivity index (χ2v) is 9.26. The number of allylic oxidation sites excluding steroid dienone is 1. The van der Waals surface area contributed by atoms with Crippen LogP contribution in [0.5, 0.6) is 0 Å². The van der Waals surface area contributed by atoms with Gasteiger partial charge in [-0.2, -0.15) is 0 Å². The lowest BCUT2D eigenvalue weighted by molar-refractivity contribution is -0.197. The van der Waals surface area contributed by atoms with Crippen LogP contribution in [0.1, 0.15) is 52.9 Å². The third-order valence-corrected chi connectivity index (χ3v) is 8.22. The van der Waals surface area contributed by atoms with Gasteiger partial charge in [-0.25, -0.2) is 4.79 Å². The number of aliphatic hydroxyl groups excluding tert-OH is 1. The lowest BCUT2D eigenvalue weighted by Gasteiger charge is -2.61. The number of aliphatic hydroxyl groups is 1. The fourth-order valence-corrected chi connectivity index (χ4v) is 6.53. The molecule has 1 N–H and O–H groups in total. The number of methoxy groups -OCH3 is 2. The largest absolute Gasteiger partial charge is 0.469 e. The fourth-order valence-electron chi connectivity index (χ4n) is 6.53. The fraction of sp³-hybridized carbons (Fsp3) is 0.773. The molecule has 0 aromatic carbocycles. The van der Waals surface area contributed by atoms with E-state index < -0.39 is 17.5 Å². The first-order valence-electron chi connectivity index (χ1n) is 10.2. The summed E-state index contributed by atoms with van der Waals surface area (Å²) >= 11 is 0. The summed E-state index contributed by atoms with van der Waals surface area (Å²) in [5, 5.41) is 10.7. The third kappa shape index (κ3) is 2.92. The number of ether oxygens (including phenoxy) is 2. The minimum Gasteiger partial charge on any atom is -0.469 e. The molecule has 156 valence electrons. The maximum atomic E-state index is 13.3. The summed E-state index contributed by atoms with van der Waals surface area (Å²) in [6, 6.07) is 0. The van der Waals surface area contributed by atoms with E-state index in [0.717, 1.165) is 24.8 Å². The van der Waals surface area contributed by atoms with E-state index in [0.29, 0.717) is 6.42 Å². The van der Waals surface area contributed by atoms with Gasteiger partial charge in [0.2, 0.25) is 0 Å². The molecule has 0 aromatic rings. The quantitative estimate of drug-likeness (QED) is 0.574. The van der Waals surface area contributed by atoms with Crippen LogP contribution in [-0.2, 0) is 23.9 Å². The minimum atomic E-state index is -1.08. The van der Waals surface area contributed by atoms with Crippen LogP contribution in [-0.4, -0.2) is 43.2 Å². The minimum absolute atomic E-state index is 0.0284. The topological polar surface area (TPSA) is 89.9 Å². The van der Waals surface area contributed by atoms with E-state index >= 15 is 0 Å². The highest BCUT2D eigenvalue weighted by atomic mass is 16.5. The van der Waals surface area contributed by atoms with E-state index in [2.05, 4.69) is 6.92 Å². The Kier molecular flexibility index (Phi) is 5.47. The molecule has 0 aliphatic heterocycles. The van der Waals surface area contributed by atoms with Gasteiger partial charge in [0.05, 0.1) is 25.7 Å². The highest BCUT2D eigenvalue weighted by Gasteiger charge is 2.65. The van der Waals surface area contributed by atoms with Gasteiger partial charge in [-0.1, -0.05) is 19.4 Å². The number of fused-ring (bicyclic) bond motifs is 3. The van der Waals surface area contributed by atoms with Gasteiger partial charge in [0.15, 0.2) is 0 Å². The number of rotatable bonds is 2. The zero-order valence-electron chi connectivity index (χ0n) is 17.5. The average Bonchev–Trinajstić information content (AvgIpc) is 2.68. The Bertz CT molecular complexity index is 712. The molecule has 6 nitrogen and oxygen atoms in total. The van der Waals surface area contributed by atoms with Crippen LogP contribution < -0.4 is 0 Å². The molecule has 6 heteroatoms. The second kappa shape index (κ2) is 7.29. The molecule has 0 radical (unpaired) electrons. The van der Waals surface area contributed by atoms with Crippen molar-refractivity contribution in [2.45, 2.75) is 59.0 Å². The normalized spacial score (nSPS) is 44.4. The molecular formula is C22H32O6. The van der Waals surface area contributed by atoms with Gasteiger partial charge in [-0.05, 0) is 55.8 Å². The van der Waals surface area contributed by atoms with Crippen LogP contribution >= 0.6 is 0 Å². The third-order valence-electron chi connectivity index (χ3n) is 8.22. The van der Waals surface area contributed by atoms with Crippen molar-refractivity contribution in [3.8, 4) is 0 Å². The SMILES string of the molecule is COC(=O)/C=C1/CC[C@@H]2[C@H](C(=O)C[C@@H]3[C@@]2(C)CC[C@H](O)[C@@]3(C)C(=O)OC)[C@@H]1C. The first-order chi connectivity index (χ1) is 13.1.